The fourth-order valence-electron chi connectivity index (χ4n) is 2.97. The molecule has 0 aliphatic carbocycles. The molecule has 0 aromatic heterocycles. The highest BCUT2D eigenvalue weighted by Gasteiger charge is 2.40. The molecule has 0 radical (unpaired) electrons. The number of nitrogens with zero attached hydrogens (tertiary/aromatic N) is 1. The van der Waals surface area contributed by atoms with E-state index in [0.29, 0.717) is 25.1 Å². The number of rotatable bonds is 3. The quantitative estimate of drug-likeness (QED) is 0.802. The van der Waals surface area contributed by atoms with Crippen molar-refractivity contribution in [2.75, 3.05) is 6.54 Å². The number of ether oxygens (including phenoxy) is 2. The van der Waals surface area contributed by atoms with E-state index in [1.54, 1.807) is 17.0 Å². The molecule has 1 unspecified atom stereocenters. The molecule has 0 spiro atoms. The number of amides is 1. The summed E-state index contributed by atoms with van der Waals surface area (Å²) in [5.41, 5.74) is -0.675. The van der Waals surface area contributed by atoms with Crippen molar-refractivity contribution in [3.8, 4) is 5.75 Å². The van der Waals surface area contributed by atoms with E-state index < -0.39 is 11.6 Å². The van der Waals surface area contributed by atoms with E-state index in [4.69, 9.17) is 14.6 Å². The summed E-state index contributed by atoms with van der Waals surface area (Å²) in [7, 11) is 0. The van der Waals surface area contributed by atoms with Crippen molar-refractivity contribution in [1.82, 2.24) is 4.90 Å². The molecule has 1 saturated heterocycles. The normalized spacial score (nSPS) is 18.8. The van der Waals surface area contributed by atoms with Gasteiger partial charge in [0.15, 0.2) is 0 Å². The Morgan fingerprint density at radius 2 is 1.70 bits per heavy atom. The van der Waals surface area contributed by atoms with E-state index in [0.717, 1.165) is 0 Å². The van der Waals surface area contributed by atoms with Crippen LogP contribution in [0, 0.1) is 0 Å². The highest BCUT2D eigenvalue weighted by atomic mass is 16.6. The number of carboxylic acids is 1. The third-order valence-corrected chi connectivity index (χ3v) is 4.15. The molecule has 1 aromatic rings. The second kappa shape index (κ2) is 9.11. The average Bonchev–Trinajstić information content (AvgIpc) is 2.54. The summed E-state index contributed by atoms with van der Waals surface area (Å²) in [6, 6.07) is 6.38. The zero-order valence-corrected chi connectivity index (χ0v) is 17.5. The Bertz CT molecular complexity index is 631. The Hall–Kier alpha value is -2.24. The zero-order valence-electron chi connectivity index (χ0n) is 17.5. The van der Waals surface area contributed by atoms with Crippen LogP contribution >= 0.6 is 0 Å². The lowest BCUT2D eigenvalue weighted by Crippen LogP contribution is -2.56. The summed E-state index contributed by atoms with van der Waals surface area (Å²) in [5, 5.41) is 8.94. The van der Waals surface area contributed by atoms with Crippen molar-refractivity contribution < 1.29 is 24.2 Å². The summed E-state index contributed by atoms with van der Waals surface area (Å²) >= 11 is 0. The lowest BCUT2D eigenvalue weighted by atomic mass is 9.89. The van der Waals surface area contributed by atoms with Gasteiger partial charge in [0.25, 0.3) is 0 Å². The van der Waals surface area contributed by atoms with Gasteiger partial charge in [-0.05, 0) is 58.9 Å². The van der Waals surface area contributed by atoms with E-state index in [2.05, 4.69) is 0 Å². The van der Waals surface area contributed by atoms with Crippen LogP contribution in [-0.4, -0.2) is 45.9 Å². The molecule has 1 fully saturated rings. The minimum Gasteiger partial charge on any atom is -0.490 e. The van der Waals surface area contributed by atoms with Crippen LogP contribution in [0.2, 0.25) is 0 Å². The first kappa shape index (κ1) is 22.8. The number of aromatic carboxylic acids is 1. The van der Waals surface area contributed by atoms with Gasteiger partial charge in [0.2, 0.25) is 0 Å². The molecular weight excluding hydrogens is 346 g/mol. The third kappa shape index (κ3) is 6.77. The van der Waals surface area contributed by atoms with Gasteiger partial charge in [-0.3, -0.25) is 0 Å². The van der Waals surface area contributed by atoms with Crippen molar-refractivity contribution in [3.05, 3.63) is 29.8 Å². The molecule has 1 aliphatic rings. The number of benzene rings is 1. The Balaban J connectivity index is 0.00000176. The molecule has 1 atom stereocenters. The summed E-state index contributed by atoms with van der Waals surface area (Å²) < 4.78 is 11.5. The van der Waals surface area contributed by atoms with Gasteiger partial charge in [-0.15, -0.1) is 0 Å². The van der Waals surface area contributed by atoms with Crippen molar-refractivity contribution in [2.45, 2.75) is 78.6 Å². The molecule has 1 N–H and O–H groups in total. The van der Waals surface area contributed by atoms with Gasteiger partial charge in [-0.25, -0.2) is 9.59 Å². The number of hydrogen-bond donors (Lipinski definition) is 1. The first-order valence-electron chi connectivity index (χ1n) is 9.48. The summed E-state index contributed by atoms with van der Waals surface area (Å²) in [4.78, 5) is 25.1. The monoisotopic (exact) mass is 379 g/mol. The van der Waals surface area contributed by atoms with E-state index in [1.807, 2.05) is 48.5 Å². The van der Waals surface area contributed by atoms with Crippen LogP contribution in [0.25, 0.3) is 0 Å². The van der Waals surface area contributed by atoms with E-state index in [9.17, 15) is 9.59 Å². The summed E-state index contributed by atoms with van der Waals surface area (Å²) in [5.74, 6) is -0.324. The van der Waals surface area contributed by atoms with Gasteiger partial charge >= 0.3 is 12.1 Å². The number of carboxylic acid groups (broad SMARTS) is 1. The van der Waals surface area contributed by atoms with E-state index >= 15 is 0 Å². The third-order valence-electron chi connectivity index (χ3n) is 4.15. The number of carbonyl (C=O) groups excluding carboxylic acids is 1. The molecule has 27 heavy (non-hydrogen) atoms. The van der Waals surface area contributed by atoms with Crippen molar-refractivity contribution in [3.63, 3.8) is 0 Å². The highest BCUT2D eigenvalue weighted by molar-refractivity contribution is 5.87. The number of hydrogen-bond acceptors (Lipinski definition) is 4. The molecule has 0 saturated carbocycles. The van der Waals surface area contributed by atoms with Crippen molar-refractivity contribution >= 4 is 12.1 Å². The van der Waals surface area contributed by atoms with Crippen LogP contribution in [-0.2, 0) is 4.74 Å². The minimum absolute atomic E-state index is 0.0376. The van der Waals surface area contributed by atoms with Crippen molar-refractivity contribution in [2.24, 2.45) is 0 Å². The topological polar surface area (TPSA) is 76.1 Å². The van der Waals surface area contributed by atoms with Crippen LogP contribution in [0.3, 0.4) is 0 Å². The predicted molar refractivity (Wildman–Crippen MR) is 105 cm³/mol. The Morgan fingerprint density at radius 3 is 2.15 bits per heavy atom. The standard InChI is InChI=1S/C19H27NO5.C2H6/c1-18(2,3)25-17(23)20-11-10-15(12-19(20,4)5)24-14-8-6-13(7-9-14)16(21)22;1-2/h6-9,15H,10-12H2,1-5H3,(H,21,22);1-2H3. The average molecular weight is 379 g/mol. The molecule has 0 bridgehead atoms. The fraction of sp³-hybridized carbons (Fsp3) is 0.619. The molecule has 1 aromatic carbocycles. The largest absolute Gasteiger partial charge is 0.490 e. The fourth-order valence-corrected chi connectivity index (χ4v) is 2.97. The molecule has 1 heterocycles. The van der Waals surface area contributed by atoms with Crippen LogP contribution in [0.5, 0.6) is 5.75 Å². The molecule has 1 amide bonds. The number of likely N-dealkylation sites (tertiary alicyclic amines) is 1. The molecule has 152 valence electrons. The minimum atomic E-state index is -0.960. The second-order valence-corrected chi connectivity index (χ2v) is 8.01. The number of piperidine rings is 1. The second-order valence-electron chi connectivity index (χ2n) is 8.01. The van der Waals surface area contributed by atoms with Gasteiger partial charge in [0.1, 0.15) is 17.5 Å². The molecule has 6 heteroatoms. The molecular formula is C21H33NO5. The maximum Gasteiger partial charge on any atom is 0.410 e. The van der Waals surface area contributed by atoms with Gasteiger partial charge in [-0.1, -0.05) is 13.8 Å². The summed E-state index contributed by atoms with van der Waals surface area (Å²) in [6.07, 6.45) is 1.03. The highest BCUT2D eigenvalue weighted by Crippen LogP contribution is 2.31. The van der Waals surface area contributed by atoms with Crippen LogP contribution in [0.4, 0.5) is 4.79 Å². The van der Waals surface area contributed by atoms with Crippen LogP contribution in [0.1, 0.15) is 71.7 Å². The zero-order chi connectivity index (χ0) is 20.8. The van der Waals surface area contributed by atoms with Crippen molar-refractivity contribution in [1.29, 1.82) is 0 Å². The first-order valence-corrected chi connectivity index (χ1v) is 9.48. The molecule has 6 nitrogen and oxygen atoms in total. The maximum absolute atomic E-state index is 12.4. The Kier molecular flexibility index (Phi) is 7.69. The number of carbonyl (C=O) groups is 2. The van der Waals surface area contributed by atoms with Gasteiger partial charge in [-0.2, -0.15) is 0 Å². The van der Waals surface area contributed by atoms with Crippen LogP contribution in [0.15, 0.2) is 24.3 Å². The lowest BCUT2D eigenvalue weighted by Gasteiger charge is -2.45. The Labute approximate surface area is 162 Å². The van der Waals surface area contributed by atoms with Gasteiger partial charge in [0.05, 0.1) is 5.56 Å². The van der Waals surface area contributed by atoms with Crippen LogP contribution < -0.4 is 4.74 Å². The van der Waals surface area contributed by atoms with E-state index in [1.165, 1.54) is 12.1 Å². The Morgan fingerprint density at radius 1 is 1.15 bits per heavy atom. The molecule has 1 aliphatic heterocycles. The lowest BCUT2D eigenvalue weighted by molar-refractivity contribution is -0.0262. The SMILES string of the molecule is CC.CC(C)(C)OC(=O)N1CCC(Oc2ccc(C(=O)O)cc2)CC1(C)C. The van der Waals surface area contributed by atoms with E-state index in [-0.39, 0.29) is 23.3 Å². The molecule has 2 rings (SSSR count). The van der Waals surface area contributed by atoms with Gasteiger partial charge in [0, 0.05) is 24.9 Å². The predicted octanol–water partition coefficient (Wildman–Crippen LogP) is 4.97. The first-order chi connectivity index (χ1) is 12.5. The maximum atomic E-state index is 12.4. The summed E-state index contributed by atoms with van der Waals surface area (Å²) in [6.45, 7) is 14.1. The van der Waals surface area contributed by atoms with Gasteiger partial charge < -0.3 is 19.5 Å². The smallest absolute Gasteiger partial charge is 0.410 e.